The maximum atomic E-state index is 12.5. The lowest BCUT2D eigenvalue weighted by molar-refractivity contribution is 0.600. The zero-order chi connectivity index (χ0) is 14.3. The average molecular weight is 323 g/mol. The van der Waals surface area contributed by atoms with Crippen molar-refractivity contribution in [2.75, 3.05) is 0 Å². The van der Waals surface area contributed by atoms with Gasteiger partial charge in [0.1, 0.15) is 4.83 Å². The molecule has 1 N–H and O–H groups in total. The summed E-state index contributed by atoms with van der Waals surface area (Å²) in [6.07, 6.45) is 0. The Morgan fingerprint density at radius 2 is 2.00 bits per heavy atom. The normalized spacial score (nSPS) is 12.7. The fourth-order valence-corrected chi connectivity index (χ4v) is 3.51. The maximum Gasteiger partial charge on any atom is 0.263 e. The molecule has 0 radical (unpaired) electrons. The van der Waals surface area contributed by atoms with Crippen molar-refractivity contribution in [3.05, 3.63) is 61.4 Å². The third kappa shape index (κ3) is 2.22. The topological polar surface area (TPSA) is 37.8 Å². The van der Waals surface area contributed by atoms with Gasteiger partial charge in [0, 0.05) is 5.02 Å². The number of hydrogen-bond acceptors (Lipinski definition) is 3. The molecule has 0 aliphatic carbocycles. The second-order valence-corrected chi connectivity index (χ2v) is 6.24. The lowest BCUT2D eigenvalue weighted by atomic mass is 10.1. The average Bonchev–Trinajstić information content (AvgIpc) is 2.87. The first-order valence-corrected chi connectivity index (χ1v) is 7.72. The predicted molar refractivity (Wildman–Crippen MR) is 86.5 cm³/mol. The van der Waals surface area contributed by atoms with Crippen LogP contribution >= 0.6 is 35.2 Å². The summed E-state index contributed by atoms with van der Waals surface area (Å²) < 4.78 is 2.04. The summed E-state index contributed by atoms with van der Waals surface area (Å²) in [6, 6.07) is 9.12. The van der Waals surface area contributed by atoms with Crippen LogP contribution in [0.5, 0.6) is 0 Å². The fourth-order valence-electron chi connectivity index (χ4n) is 2.20. The smallest absolute Gasteiger partial charge is 0.263 e. The molecule has 0 fully saturated rings. The van der Waals surface area contributed by atoms with E-state index in [1.165, 1.54) is 11.3 Å². The minimum absolute atomic E-state index is 0.0625. The summed E-state index contributed by atoms with van der Waals surface area (Å²) in [5.41, 5.74) is 0.929. The van der Waals surface area contributed by atoms with Gasteiger partial charge in [-0.05, 0) is 48.3 Å². The van der Waals surface area contributed by atoms with Crippen LogP contribution in [0.3, 0.4) is 0 Å². The van der Waals surface area contributed by atoms with Gasteiger partial charge in [-0.15, -0.1) is 11.3 Å². The molecule has 3 aromatic rings. The van der Waals surface area contributed by atoms with Crippen LogP contribution in [0.15, 0.2) is 40.5 Å². The van der Waals surface area contributed by atoms with Crippen molar-refractivity contribution in [3.8, 4) is 0 Å². The van der Waals surface area contributed by atoms with E-state index in [1.54, 1.807) is 4.57 Å². The molecular weight excluding hydrogens is 312 g/mol. The molecule has 20 heavy (non-hydrogen) atoms. The number of aromatic amines is 1. The van der Waals surface area contributed by atoms with Gasteiger partial charge in [0.15, 0.2) is 4.77 Å². The van der Waals surface area contributed by atoms with Crippen LogP contribution in [0, 0.1) is 4.77 Å². The highest BCUT2D eigenvalue weighted by Crippen LogP contribution is 2.21. The minimum Gasteiger partial charge on any atom is -0.323 e. The summed E-state index contributed by atoms with van der Waals surface area (Å²) in [6.45, 7) is 1.95. The summed E-state index contributed by atoms with van der Waals surface area (Å²) in [5, 5.41) is 3.23. The highest BCUT2D eigenvalue weighted by molar-refractivity contribution is 7.71. The highest BCUT2D eigenvalue weighted by Gasteiger charge is 2.14. The van der Waals surface area contributed by atoms with E-state index in [0.717, 1.165) is 10.4 Å². The van der Waals surface area contributed by atoms with Crippen molar-refractivity contribution in [2.24, 2.45) is 0 Å². The first-order valence-electron chi connectivity index (χ1n) is 6.05. The number of hydrogen-bond donors (Lipinski definition) is 1. The number of rotatable bonds is 2. The van der Waals surface area contributed by atoms with E-state index in [4.69, 9.17) is 23.8 Å². The number of H-pyrrole nitrogens is 1. The Labute approximate surface area is 129 Å². The van der Waals surface area contributed by atoms with E-state index in [2.05, 4.69) is 4.98 Å². The van der Waals surface area contributed by atoms with Crippen molar-refractivity contribution in [3.63, 3.8) is 0 Å². The van der Waals surface area contributed by atoms with Gasteiger partial charge < -0.3 is 4.98 Å². The molecule has 0 saturated heterocycles. The van der Waals surface area contributed by atoms with Crippen LogP contribution < -0.4 is 5.56 Å². The number of halogens is 1. The molecule has 0 saturated carbocycles. The van der Waals surface area contributed by atoms with Crippen molar-refractivity contribution in [1.82, 2.24) is 9.55 Å². The van der Waals surface area contributed by atoms with Crippen LogP contribution in [-0.4, -0.2) is 9.55 Å². The molecule has 2 heterocycles. The molecular formula is C14H11ClN2OS2. The van der Waals surface area contributed by atoms with Gasteiger partial charge in [-0.25, -0.2) is 0 Å². The molecule has 0 amide bonds. The Morgan fingerprint density at radius 3 is 2.70 bits per heavy atom. The van der Waals surface area contributed by atoms with Gasteiger partial charge in [-0.2, -0.15) is 0 Å². The largest absolute Gasteiger partial charge is 0.323 e. The quantitative estimate of drug-likeness (QED) is 0.711. The number of nitrogens with zero attached hydrogens (tertiary/aromatic N) is 1. The standard InChI is InChI=1S/C14H11ClN2OS2/c1-8(9-2-4-10(15)5-3-9)17-13(18)11-6-7-20-12(11)16-14(17)19/h2-8H,1H3,(H,16,19). The van der Waals surface area contributed by atoms with Crippen LogP contribution in [0.25, 0.3) is 10.2 Å². The molecule has 0 spiro atoms. The van der Waals surface area contributed by atoms with E-state index in [-0.39, 0.29) is 11.6 Å². The lowest BCUT2D eigenvalue weighted by Gasteiger charge is -2.15. The molecule has 102 valence electrons. The Kier molecular flexibility index (Phi) is 3.50. The summed E-state index contributed by atoms with van der Waals surface area (Å²) >= 11 is 12.7. The van der Waals surface area contributed by atoms with Crippen molar-refractivity contribution in [1.29, 1.82) is 0 Å². The third-order valence-corrected chi connectivity index (χ3v) is 4.67. The number of benzene rings is 1. The van der Waals surface area contributed by atoms with Gasteiger partial charge in [-0.3, -0.25) is 9.36 Å². The monoisotopic (exact) mass is 322 g/mol. The molecule has 0 aliphatic heterocycles. The van der Waals surface area contributed by atoms with Crippen molar-refractivity contribution >= 4 is 45.4 Å². The first-order chi connectivity index (χ1) is 9.58. The molecule has 6 heteroatoms. The van der Waals surface area contributed by atoms with Gasteiger partial charge in [0.05, 0.1) is 11.4 Å². The van der Waals surface area contributed by atoms with Crippen LogP contribution in [-0.2, 0) is 0 Å². The molecule has 1 aromatic carbocycles. The Hall–Kier alpha value is -1.43. The van der Waals surface area contributed by atoms with Crippen molar-refractivity contribution in [2.45, 2.75) is 13.0 Å². The van der Waals surface area contributed by atoms with E-state index >= 15 is 0 Å². The molecule has 0 aliphatic rings. The number of nitrogens with one attached hydrogen (secondary N) is 1. The van der Waals surface area contributed by atoms with E-state index in [0.29, 0.717) is 15.2 Å². The van der Waals surface area contributed by atoms with Crippen molar-refractivity contribution < 1.29 is 0 Å². The summed E-state index contributed by atoms with van der Waals surface area (Å²) in [7, 11) is 0. The van der Waals surface area contributed by atoms with Gasteiger partial charge in [0.25, 0.3) is 5.56 Å². The van der Waals surface area contributed by atoms with Crippen LogP contribution in [0.4, 0.5) is 0 Å². The third-order valence-electron chi connectivity index (χ3n) is 3.29. The summed E-state index contributed by atoms with van der Waals surface area (Å²) in [5.74, 6) is 0. The predicted octanol–water partition coefficient (Wildman–Crippen LogP) is 4.38. The fraction of sp³-hybridized carbons (Fsp3) is 0.143. The second kappa shape index (κ2) is 5.16. The number of aromatic nitrogens is 2. The molecule has 1 atom stereocenters. The van der Waals surface area contributed by atoms with E-state index in [9.17, 15) is 4.79 Å². The minimum atomic E-state index is -0.146. The molecule has 3 rings (SSSR count). The second-order valence-electron chi connectivity index (χ2n) is 4.50. The zero-order valence-corrected chi connectivity index (χ0v) is 13.0. The molecule has 2 aromatic heterocycles. The van der Waals surface area contributed by atoms with E-state index in [1.807, 2.05) is 42.6 Å². The van der Waals surface area contributed by atoms with Gasteiger partial charge in [0.2, 0.25) is 0 Å². The van der Waals surface area contributed by atoms with Crippen LogP contribution in [0.1, 0.15) is 18.5 Å². The zero-order valence-electron chi connectivity index (χ0n) is 10.6. The van der Waals surface area contributed by atoms with Gasteiger partial charge >= 0.3 is 0 Å². The van der Waals surface area contributed by atoms with E-state index < -0.39 is 0 Å². The van der Waals surface area contributed by atoms with Crippen LogP contribution in [0.2, 0.25) is 5.02 Å². The first kappa shape index (κ1) is 13.5. The molecule has 3 nitrogen and oxygen atoms in total. The molecule has 0 bridgehead atoms. The number of thiophene rings is 1. The number of fused-ring (bicyclic) bond motifs is 1. The maximum absolute atomic E-state index is 12.5. The highest BCUT2D eigenvalue weighted by atomic mass is 35.5. The summed E-state index contributed by atoms with van der Waals surface area (Å²) in [4.78, 5) is 16.5. The SMILES string of the molecule is CC(c1ccc(Cl)cc1)n1c(=S)[nH]c2sccc2c1=O. The lowest BCUT2D eigenvalue weighted by Crippen LogP contribution is -2.25. The molecule has 1 unspecified atom stereocenters. The van der Waals surface area contributed by atoms with Gasteiger partial charge in [-0.1, -0.05) is 23.7 Å². The Morgan fingerprint density at radius 1 is 1.30 bits per heavy atom. The Bertz CT molecular complexity index is 877. The Balaban J connectivity index is 2.21.